The van der Waals surface area contributed by atoms with Crippen molar-refractivity contribution in [2.24, 2.45) is 0 Å². The van der Waals surface area contributed by atoms with E-state index in [-0.39, 0.29) is 0 Å². The standard InChI is InChI=1S/C19H24N2/c1-14-7-8-16(12-20-14)13-21-15(2)18-10-9-17-5-3-4-6-19(17)11-18/h7-12,15,21H,3-6,13H2,1-2H3. The molecule has 1 heterocycles. The highest BCUT2D eigenvalue weighted by atomic mass is 14.9. The fourth-order valence-electron chi connectivity index (χ4n) is 3.01. The molecule has 1 aromatic heterocycles. The molecule has 0 fully saturated rings. The van der Waals surface area contributed by atoms with Crippen LogP contribution in [0.3, 0.4) is 0 Å². The predicted molar refractivity (Wildman–Crippen MR) is 87.3 cm³/mol. The monoisotopic (exact) mass is 280 g/mol. The highest BCUT2D eigenvalue weighted by Gasteiger charge is 2.12. The minimum atomic E-state index is 0.374. The average molecular weight is 280 g/mol. The van der Waals surface area contributed by atoms with Crippen LogP contribution in [0, 0.1) is 6.92 Å². The number of aromatic nitrogens is 1. The molecular formula is C19H24N2. The molecule has 2 nitrogen and oxygen atoms in total. The van der Waals surface area contributed by atoms with Crippen molar-refractivity contribution in [3.8, 4) is 0 Å². The molecule has 1 aromatic carbocycles. The maximum atomic E-state index is 4.35. The summed E-state index contributed by atoms with van der Waals surface area (Å²) in [6.45, 7) is 5.13. The lowest BCUT2D eigenvalue weighted by atomic mass is 9.89. The van der Waals surface area contributed by atoms with Gasteiger partial charge >= 0.3 is 0 Å². The molecule has 2 heteroatoms. The van der Waals surface area contributed by atoms with Crippen molar-refractivity contribution in [1.29, 1.82) is 0 Å². The summed E-state index contributed by atoms with van der Waals surface area (Å²) in [7, 11) is 0. The first-order valence-corrected chi connectivity index (χ1v) is 7.99. The molecule has 0 radical (unpaired) electrons. The van der Waals surface area contributed by atoms with Gasteiger partial charge in [0.25, 0.3) is 0 Å². The molecule has 0 spiro atoms. The quantitative estimate of drug-likeness (QED) is 0.911. The maximum absolute atomic E-state index is 4.35. The largest absolute Gasteiger partial charge is 0.306 e. The van der Waals surface area contributed by atoms with E-state index in [1.54, 1.807) is 11.1 Å². The number of nitrogens with one attached hydrogen (secondary N) is 1. The summed E-state index contributed by atoms with van der Waals surface area (Å²) in [5, 5.41) is 3.60. The lowest BCUT2D eigenvalue weighted by Gasteiger charge is -2.20. The molecule has 1 aliphatic rings. The van der Waals surface area contributed by atoms with Gasteiger partial charge in [-0.15, -0.1) is 0 Å². The number of rotatable bonds is 4. The van der Waals surface area contributed by atoms with Crippen molar-refractivity contribution in [1.82, 2.24) is 10.3 Å². The molecule has 3 rings (SSSR count). The van der Waals surface area contributed by atoms with Crippen LogP contribution in [0.15, 0.2) is 36.5 Å². The van der Waals surface area contributed by atoms with Crippen LogP contribution in [-0.2, 0) is 19.4 Å². The van der Waals surface area contributed by atoms with Gasteiger partial charge in [-0.3, -0.25) is 4.98 Å². The van der Waals surface area contributed by atoms with Gasteiger partial charge in [-0.25, -0.2) is 0 Å². The second-order valence-electron chi connectivity index (χ2n) is 6.15. The SMILES string of the molecule is Cc1ccc(CNC(C)c2ccc3c(c2)CCCC3)cn1. The summed E-state index contributed by atoms with van der Waals surface area (Å²) in [6, 6.07) is 11.6. The van der Waals surface area contributed by atoms with Gasteiger partial charge in [0.15, 0.2) is 0 Å². The Morgan fingerprint density at radius 1 is 1.10 bits per heavy atom. The summed E-state index contributed by atoms with van der Waals surface area (Å²) in [5.41, 5.74) is 6.83. The van der Waals surface area contributed by atoms with Crippen molar-refractivity contribution < 1.29 is 0 Å². The molecule has 0 saturated heterocycles. The average Bonchev–Trinajstić information content (AvgIpc) is 2.53. The van der Waals surface area contributed by atoms with Crippen LogP contribution < -0.4 is 5.32 Å². The van der Waals surface area contributed by atoms with Gasteiger partial charge in [0.1, 0.15) is 0 Å². The number of hydrogen-bond donors (Lipinski definition) is 1. The van der Waals surface area contributed by atoms with Crippen molar-refractivity contribution in [2.75, 3.05) is 0 Å². The van der Waals surface area contributed by atoms with Gasteiger partial charge in [-0.1, -0.05) is 24.3 Å². The molecule has 1 atom stereocenters. The van der Waals surface area contributed by atoms with Crippen LogP contribution in [0.4, 0.5) is 0 Å². The van der Waals surface area contributed by atoms with E-state index in [1.165, 1.54) is 36.8 Å². The third-order valence-corrected chi connectivity index (χ3v) is 4.46. The summed E-state index contributed by atoms with van der Waals surface area (Å²) in [4.78, 5) is 4.35. The van der Waals surface area contributed by atoms with E-state index in [0.29, 0.717) is 6.04 Å². The maximum Gasteiger partial charge on any atom is 0.0372 e. The zero-order valence-corrected chi connectivity index (χ0v) is 13.0. The summed E-state index contributed by atoms with van der Waals surface area (Å²) in [5.74, 6) is 0. The zero-order chi connectivity index (χ0) is 14.7. The third-order valence-electron chi connectivity index (χ3n) is 4.46. The fraction of sp³-hybridized carbons (Fsp3) is 0.421. The summed E-state index contributed by atoms with van der Waals surface area (Å²) in [6.07, 6.45) is 7.15. The Hall–Kier alpha value is -1.67. The van der Waals surface area contributed by atoms with E-state index < -0.39 is 0 Å². The second-order valence-corrected chi connectivity index (χ2v) is 6.15. The first-order chi connectivity index (χ1) is 10.2. The van der Waals surface area contributed by atoms with Gasteiger partial charge in [0.2, 0.25) is 0 Å². The molecular weight excluding hydrogens is 256 g/mol. The Morgan fingerprint density at radius 2 is 1.90 bits per heavy atom. The van der Waals surface area contributed by atoms with Crippen molar-refractivity contribution in [3.05, 3.63) is 64.5 Å². The van der Waals surface area contributed by atoms with Gasteiger partial charge < -0.3 is 5.32 Å². The number of pyridine rings is 1. The fourth-order valence-corrected chi connectivity index (χ4v) is 3.01. The summed E-state index contributed by atoms with van der Waals surface area (Å²) >= 11 is 0. The molecule has 0 saturated carbocycles. The lowest BCUT2D eigenvalue weighted by Crippen LogP contribution is -2.18. The van der Waals surface area contributed by atoms with Crippen LogP contribution in [0.1, 0.15) is 53.8 Å². The number of benzene rings is 1. The number of hydrogen-bond acceptors (Lipinski definition) is 2. The molecule has 0 bridgehead atoms. The van der Waals surface area contributed by atoms with E-state index in [0.717, 1.165) is 12.2 Å². The Bertz CT molecular complexity index is 601. The minimum absolute atomic E-state index is 0.374. The highest BCUT2D eigenvalue weighted by molar-refractivity contribution is 5.35. The second kappa shape index (κ2) is 6.40. The molecule has 110 valence electrons. The molecule has 1 aliphatic carbocycles. The minimum Gasteiger partial charge on any atom is -0.306 e. The summed E-state index contributed by atoms with van der Waals surface area (Å²) < 4.78 is 0. The first kappa shape index (κ1) is 14.3. The van der Waals surface area contributed by atoms with Crippen LogP contribution in [-0.4, -0.2) is 4.98 Å². The molecule has 1 N–H and O–H groups in total. The van der Waals surface area contributed by atoms with E-state index in [1.807, 2.05) is 13.1 Å². The molecule has 1 unspecified atom stereocenters. The van der Waals surface area contributed by atoms with E-state index in [9.17, 15) is 0 Å². The predicted octanol–water partition coefficient (Wildman–Crippen LogP) is 4.12. The van der Waals surface area contributed by atoms with Crippen LogP contribution in [0.5, 0.6) is 0 Å². The Labute approximate surface area is 127 Å². The molecule has 0 aliphatic heterocycles. The van der Waals surface area contributed by atoms with Crippen molar-refractivity contribution in [2.45, 2.75) is 52.1 Å². The Kier molecular flexibility index (Phi) is 4.35. The Morgan fingerprint density at radius 3 is 2.67 bits per heavy atom. The smallest absolute Gasteiger partial charge is 0.0372 e. The highest BCUT2D eigenvalue weighted by Crippen LogP contribution is 2.24. The topological polar surface area (TPSA) is 24.9 Å². The first-order valence-electron chi connectivity index (χ1n) is 7.99. The van der Waals surface area contributed by atoms with Gasteiger partial charge in [-0.2, -0.15) is 0 Å². The number of fused-ring (bicyclic) bond motifs is 1. The van der Waals surface area contributed by atoms with Crippen molar-refractivity contribution in [3.63, 3.8) is 0 Å². The normalized spacial score (nSPS) is 15.5. The lowest BCUT2D eigenvalue weighted by molar-refractivity contribution is 0.571. The Balaban J connectivity index is 1.65. The zero-order valence-electron chi connectivity index (χ0n) is 13.0. The van der Waals surface area contributed by atoms with E-state index in [4.69, 9.17) is 0 Å². The van der Waals surface area contributed by atoms with E-state index in [2.05, 4.69) is 47.6 Å². The van der Waals surface area contributed by atoms with Crippen LogP contribution >= 0.6 is 0 Å². The molecule has 21 heavy (non-hydrogen) atoms. The molecule has 2 aromatic rings. The van der Waals surface area contributed by atoms with Gasteiger partial charge in [0, 0.05) is 24.5 Å². The molecule has 0 amide bonds. The van der Waals surface area contributed by atoms with Crippen LogP contribution in [0.2, 0.25) is 0 Å². The van der Waals surface area contributed by atoms with Gasteiger partial charge in [-0.05, 0) is 67.9 Å². The van der Waals surface area contributed by atoms with Crippen LogP contribution in [0.25, 0.3) is 0 Å². The van der Waals surface area contributed by atoms with Crippen molar-refractivity contribution >= 4 is 0 Å². The van der Waals surface area contributed by atoms with Gasteiger partial charge in [0.05, 0.1) is 0 Å². The number of aryl methyl sites for hydroxylation is 3. The van der Waals surface area contributed by atoms with E-state index >= 15 is 0 Å². The number of nitrogens with zero attached hydrogens (tertiary/aromatic N) is 1. The third kappa shape index (κ3) is 3.51.